The first kappa shape index (κ1) is 114. The van der Waals surface area contributed by atoms with Gasteiger partial charge in [0, 0.05) is 24.2 Å². The summed E-state index contributed by atoms with van der Waals surface area (Å²) < 4.78 is 260. The van der Waals surface area contributed by atoms with Crippen LogP contribution in [0.25, 0.3) is 0 Å². The third-order valence-corrected chi connectivity index (χ3v) is 12.9. The molecule has 0 aliphatic rings. The molecule has 0 radical (unpaired) electrons. The van der Waals surface area contributed by atoms with Crippen LogP contribution in [0.1, 0.15) is 369 Å². The fourth-order valence-corrected chi connectivity index (χ4v) is 3.55. The first-order valence-electron chi connectivity index (χ1n) is 36.8. The van der Waals surface area contributed by atoms with Crippen molar-refractivity contribution in [2.75, 3.05) is 6.67 Å². The van der Waals surface area contributed by atoms with Crippen molar-refractivity contribution in [1.29, 1.82) is 0 Å². The maximum absolute atomic E-state index is 11.8. The first-order valence-corrected chi connectivity index (χ1v) is 34.8. The highest BCUT2D eigenvalue weighted by molar-refractivity contribution is 4.62. The number of halogens is 20. The van der Waals surface area contributed by atoms with Crippen LogP contribution in [0.3, 0.4) is 0 Å². The molecule has 0 nitrogen and oxygen atoms in total. The molecule has 0 aliphatic carbocycles. The largest absolute Gasteiger partial charge is 0.391 e. The molecule has 7 unspecified atom stereocenters. The van der Waals surface area contributed by atoms with Gasteiger partial charge in [-0.1, -0.05) is 292 Å². The van der Waals surface area contributed by atoms with Gasteiger partial charge in [0.15, 0.2) is 0 Å². The molecule has 0 saturated heterocycles. The molecule has 0 aromatic carbocycles. The average molecular weight is 1430 g/mol. The molecule has 0 amide bonds. The van der Waals surface area contributed by atoms with Crippen LogP contribution < -0.4 is 0 Å². The van der Waals surface area contributed by atoms with Crippen LogP contribution in [0.2, 0.25) is 0 Å². The molecule has 0 heterocycles. The van der Waals surface area contributed by atoms with E-state index in [9.17, 15) is 87.8 Å². The topological polar surface area (TPSA) is 0 Å². The van der Waals surface area contributed by atoms with E-state index in [1.165, 1.54) is 59.3 Å². The quantitative estimate of drug-likeness (QED) is 0.101. The molecule has 0 rings (SSSR count). The summed E-state index contributed by atoms with van der Waals surface area (Å²) in [5.41, 5.74) is 0.542. The van der Waals surface area contributed by atoms with Gasteiger partial charge in [-0.15, -0.1) is 0 Å². The van der Waals surface area contributed by atoms with E-state index in [1.54, 1.807) is 41.5 Å². The van der Waals surface area contributed by atoms with Crippen molar-refractivity contribution in [2.45, 2.75) is 413 Å². The number of alkyl halides is 20. The second-order valence-electron chi connectivity index (χ2n) is 26.7. The Morgan fingerprint density at radius 2 is 0.585 bits per heavy atom. The molecule has 20 heteroatoms. The van der Waals surface area contributed by atoms with Gasteiger partial charge in [-0.25, -0.2) is 30.7 Å². The summed E-state index contributed by atoms with van der Waals surface area (Å²) in [6, 6.07) is 0. The normalized spacial score (nSPS) is 14.4. The Balaban J connectivity index is -0.0000000650. The zero-order valence-electron chi connectivity index (χ0n) is 70.4. The molecule has 0 N–H and O–H groups in total. The Morgan fingerprint density at radius 3 is 0.606 bits per heavy atom. The lowest BCUT2D eigenvalue weighted by Crippen LogP contribution is -2.19. The Bertz CT molecular complexity index is 1410. The van der Waals surface area contributed by atoms with Crippen molar-refractivity contribution < 1.29 is 93.3 Å². The molecular formula is C74H156F20. The monoisotopic (exact) mass is 1430 g/mol. The molecular weight excluding hydrogens is 1270 g/mol. The summed E-state index contributed by atoms with van der Waals surface area (Å²) >= 11 is 0. The summed E-state index contributed by atoms with van der Waals surface area (Å²) in [6.07, 6.45) is -10.6. The summed E-state index contributed by atoms with van der Waals surface area (Å²) in [5, 5.41) is 0. The third-order valence-electron chi connectivity index (χ3n) is 12.9. The molecule has 94 heavy (non-hydrogen) atoms. The maximum atomic E-state index is 11.8. The van der Waals surface area contributed by atoms with Gasteiger partial charge < -0.3 is 0 Å². The van der Waals surface area contributed by atoms with Crippen LogP contribution >= 0.6 is 0 Å². The van der Waals surface area contributed by atoms with Gasteiger partial charge >= 0.3 is 24.7 Å². The molecule has 7 atom stereocenters. The fraction of sp³-hybridized carbons (Fsp3) is 1.00. The molecule has 592 valence electrons. The standard InChI is InChI=1S/2C6H11F3.2C6H14.2C5H9F3.3C5H10F2.2C5H11F.3C5H12/c2*1-3-4-5(2)6(7,8)9;1-5-6(2,3)4;1-4-5-6(2)3;2*1-3-4(2)5(6,7)8;2*1-3-4-5(2,6)7;1-3-4(2)5(6)7;1-3-5(2)4-6;1-3-4-5(2)6;3*1-4-5(2)3/h2*5H,3-4H2,1-2H3;5H2,1-4H3;6H,4-5H2,1-3H3;2*4H,3H2,1-2H3;2*3-4H2,1-2H3;4-5H,3H2,1-2H3;2*5H,3-4H2,1-2H3;3*5H,4H2,1-3H3/i3D2;;;;3D2;;;;;;;;;. The maximum Gasteiger partial charge on any atom is 0.391 e. The fourth-order valence-electron chi connectivity index (χ4n) is 3.55. The van der Waals surface area contributed by atoms with Gasteiger partial charge in [0.2, 0.25) is 18.3 Å². The van der Waals surface area contributed by atoms with Crippen molar-refractivity contribution in [3.63, 3.8) is 0 Å². The summed E-state index contributed by atoms with van der Waals surface area (Å²) in [4.78, 5) is 0. The lowest BCUT2D eigenvalue weighted by Gasteiger charge is -2.13. The molecule has 0 bridgehead atoms. The predicted molar refractivity (Wildman–Crippen MR) is 374 cm³/mol. The molecule has 0 spiro atoms. The zero-order chi connectivity index (χ0) is 82.9. The van der Waals surface area contributed by atoms with Crippen molar-refractivity contribution in [2.24, 2.45) is 64.6 Å². The van der Waals surface area contributed by atoms with Crippen LogP contribution in [-0.4, -0.2) is 55.8 Å². The van der Waals surface area contributed by atoms with Crippen molar-refractivity contribution in [3.05, 3.63) is 0 Å². The summed E-state index contributed by atoms with van der Waals surface area (Å²) in [7, 11) is 0. The number of rotatable bonds is 21. The smallest absolute Gasteiger partial charge is 0.251 e. The minimum absolute atomic E-state index is 0.00694. The number of hydrogen-bond donors (Lipinski definition) is 0. The third kappa shape index (κ3) is 169. The van der Waals surface area contributed by atoms with E-state index in [2.05, 4.69) is 111 Å². The van der Waals surface area contributed by atoms with E-state index in [1.807, 2.05) is 20.8 Å². The summed E-state index contributed by atoms with van der Waals surface area (Å²) in [6.45, 7) is 61.1. The van der Waals surface area contributed by atoms with Crippen LogP contribution in [0.15, 0.2) is 0 Å². The van der Waals surface area contributed by atoms with E-state index in [0.717, 1.165) is 78.1 Å². The highest BCUT2D eigenvalue weighted by atomic mass is 19.4. The van der Waals surface area contributed by atoms with E-state index in [-0.39, 0.29) is 38.3 Å². The Hall–Kier alpha value is -1.40. The molecule has 0 aromatic rings. The highest BCUT2D eigenvalue weighted by Crippen LogP contribution is 2.31. The first-order chi connectivity index (χ1) is 43.3. The van der Waals surface area contributed by atoms with Crippen LogP contribution in [0.5, 0.6) is 0 Å². The minimum atomic E-state index is -4.43. The average Bonchev–Trinajstić information content (AvgIpc) is 0.895. The minimum Gasteiger partial charge on any atom is -0.251 e. The molecule has 0 saturated carbocycles. The van der Waals surface area contributed by atoms with E-state index >= 15 is 0 Å². The zero-order valence-corrected chi connectivity index (χ0v) is 66.4. The van der Waals surface area contributed by atoms with Gasteiger partial charge in [-0.2, -0.15) is 52.7 Å². The van der Waals surface area contributed by atoms with Gasteiger partial charge in [0.25, 0.3) is 0 Å². The Labute approximate surface area is 575 Å². The van der Waals surface area contributed by atoms with Gasteiger partial charge in [0.05, 0.1) is 36.5 Å². The highest BCUT2D eigenvalue weighted by Gasteiger charge is 2.36. The van der Waals surface area contributed by atoms with E-state index in [4.69, 9.17) is 5.48 Å². The van der Waals surface area contributed by atoms with Crippen molar-refractivity contribution in [1.82, 2.24) is 0 Å². The summed E-state index contributed by atoms with van der Waals surface area (Å²) in [5.74, 6) is -7.27. The van der Waals surface area contributed by atoms with Crippen molar-refractivity contribution in [3.8, 4) is 0 Å². The van der Waals surface area contributed by atoms with Crippen LogP contribution in [0.4, 0.5) is 87.8 Å². The van der Waals surface area contributed by atoms with E-state index in [0.29, 0.717) is 37.5 Å². The van der Waals surface area contributed by atoms with Crippen molar-refractivity contribution >= 4 is 0 Å². The van der Waals surface area contributed by atoms with Crippen LogP contribution in [0, 0.1) is 64.6 Å². The SMILES string of the molecule is CCC(C)(C)C.CCC(C)C.CCC(C)C.CCC(C)C.CCC(C)C(F)(F)F.CCC(C)C(F)F.CCC(C)CF.CCCC(C)(F)F.CCCC(C)(F)F.CCCC(C)C.CCCC(C)C(F)(F)F.CCCC(C)F.[2H]C([2H])(C)C(C)C(F)(F)F.[2H]C([2H])(C)CC(C)C(F)(F)F. The molecule has 0 aliphatic heterocycles. The molecule has 0 aromatic heterocycles. The number of hydrogen-bond acceptors (Lipinski definition) is 0. The lowest BCUT2D eigenvalue weighted by molar-refractivity contribution is -0.171. The van der Waals surface area contributed by atoms with Gasteiger partial charge in [0.1, 0.15) is 0 Å². The van der Waals surface area contributed by atoms with Crippen LogP contribution in [-0.2, 0) is 0 Å². The van der Waals surface area contributed by atoms with Gasteiger partial charge in [-0.3, -0.25) is 4.39 Å². The van der Waals surface area contributed by atoms with E-state index < -0.39 is 97.9 Å². The Morgan fingerprint density at radius 1 is 0.319 bits per heavy atom. The predicted octanol–water partition coefficient (Wildman–Crippen LogP) is 33.5. The van der Waals surface area contributed by atoms with Gasteiger partial charge in [-0.05, 0) is 94.3 Å². The lowest BCUT2D eigenvalue weighted by atomic mass is 9.94. The molecule has 0 fully saturated rings. The second kappa shape index (κ2) is 78.9. The Kier molecular flexibility index (Phi) is 95.6. The second-order valence-corrected chi connectivity index (χ2v) is 26.7.